The average molecular weight is 269 g/mol. The van der Waals surface area contributed by atoms with Gasteiger partial charge in [-0.3, -0.25) is 4.79 Å². The molecule has 0 fully saturated rings. The van der Waals surface area contributed by atoms with Crippen molar-refractivity contribution >= 4 is 21.4 Å². The molecule has 0 spiro atoms. The predicted molar refractivity (Wildman–Crippen MR) is 72.3 cm³/mol. The van der Waals surface area contributed by atoms with E-state index in [1.807, 2.05) is 13.8 Å². The maximum absolute atomic E-state index is 11.8. The maximum atomic E-state index is 11.8. The van der Waals surface area contributed by atoms with Gasteiger partial charge in [-0.05, 0) is 24.6 Å². The van der Waals surface area contributed by atoms with E-state index in [1.54, 1.807) is 12.1 Å². The second kappa shape index (κ2) is 6.00. The van der Waals surface area contributed by atoms with Crippen molar-refractivity contribution < 1.29 is 13.2 Å². The number of nitrogens with one attached hydrogen (secondary N) is 1. The molecule has 4 nitrogen and oxygen atoms in total. The first-order valence-corrected chi connectivity index (χ1v) is 7.84. The van der Waals surface area contributed by atoms with Crippen LogP contribution in [0.1, 0.15) is 26.7 Å². The molecule has 0 radical (unpaired) electrons. The van der Waals surface area contributed by atoms with Crippen molar-refractivity contribution in [2.24, 2.45) is 5.92 Å². The third kappa shape index (κ3) is 4.14. The molecule has 0 aromatic heterocycles. The van der Waals surface area contributed by atoms with Crippen LogP contribution >= 0.6 is 0 Å². The molecular weight excluding hydrogens is 250 g/mol. The highest BCUT2D eigenvalue weighted by atomic mass is 32.2. The molecule has 18 heavy (non-hydrogen) atoms. The molecule has 1 atom stereocenters. The van der Waals surface area contributed by atoms with Crippen LogP contribution in [-0.2, 0) is 14.6 Å². The second-order valence-corrected chi connectivity index (χ2v) is 6.49. The van der Waals surface area contributed by atoms with E-state index >= 15 is 0 Å². The third-order valence-corrected chi connectivity index (χ3v) is 3.81. The Morgan fingerprint density at radius 1 is 1.39 bits per heavy atom. The van der Waals surface area contributed by atoms with Crippen molar-refractivity contribution in [3.8, 4) is 0 Å². The van der Waals surface area contributed by atoms with E-state index in [1.165, 1.54) is 12.1 Å². The summed E-state index contributed by atoms with van der Waals surface area (Å²) in [5, 5.41) is 2.74. The summed E-state index contributed by atoms with van der Waals surface area (Å²) in [4.78, 5) is 12.0. The summed E-state index contributed by atoms with van der Waals surface area (Å²) < 4.78 is 22.8. The minimum Gasteiger partial charge on any atom is -0.326 e. The molecule has 0 bridgehead atoms. The Labute approximate surface area is 108 Å². The zero-order chi connectivity index (χ0) is 13.8. The molecule has 0 saturated carbocycles. The summed E-state index contributed by atoms with van der Waals surface area (Å²) in [6, 6.07) is 6.30. The monoisotopic (exact) mass is 269 g/mol. The number of hydrogen-bond donors (Lipinski definition) is 1. The van der Waals surface area contributed by atoms with Crippen molar-refractivity contribution in [2.75, 3.05) is 11.6 Å². The molecule has 0 saturated heterocycles. The van der Waals surface area contributed by atoms with Gasteiger partial charge < -0.3 is 5.32 Å². The van der Waals surface area contributed by atoms with E-state index < -0.39 is 9.84 Å². The molecule has 5 heteroatoms. The fourth-order valence-corrected chi connectivity index (χ4v) is 2.30. The van der Waals surface area contributed by atoms with Crippen LogP contribution in [0.3, 0.4) is 0 Å². The zero-order valence-electron chi connectivity index (χ0n) is 10.9. The predicted octanol–water partition coefficient (Wildman–Crippen LogP) is 2.46. The lowest BCUT2D eigenvalue weighted by Crippen LogP contribution is -2.20. The topological polar surface area (TPSA) is 63.2 Å². The van der Waals surface area contributed by atoms with Crippen molar-refractivity contribution in [1.82, 2.24) is 0 Å². The first-order valence-electron chi connectivity index (χ1n) is 5.95. The quantitative estimate of drug-likeness (QED) is 0.893. The first kappa shape index (κ1) is 14.7. The van der Waals surface area contributed by atoms with E-state index in [-0.39, 0.29) is 16.7 Å². The van der Waals surface area contributed by atoms with Crippen LogP contribution in [0, 0.1) is 5.92 Å². The normalized spacial score (nSPS) is 13.1. The van der Waals surface area contributed by atoms with Crippen LogP contribution in [0.15, 0.2) is 29.2 Å². The minimum atomic E-state index is -3.24. The summed E-state index contributed by atoms with van der Waals surface area (Å²) in [5.74, 6) is -0.153. The Bertz CT molecular complexity index is 523. The standard InChI is InChI=1S/C13H19NO3S/c1-4-6-10(2)13(15)14-11-7-5-8-12(9-11)18(3,16)17/h5,7-10H,4,6H2,1-3H3,(H,14,15). The number of carbonyl (C=O) groups excluding carboxylic acids is 1. The number of carbonyl (C=O) groups is 1. The fourth-order valence-electron chi connectivity index (χ4n) is 1.63. The van der Waals surface area contributed by atoms with Crippen LogP contribution in [0.5, 0.6) is 0 Å². The van der Waals surface area contributed by atoms with Crippen LogP contribution < -0.4 is 5.32 Å². The Kier molecular flexibility index (Phi) is 4.90. The van der Waals surface area contributed by atoms with Crippen molar-refractivity contribution in [3.63, 3.8) is 0 Å². The van der Waals surface area contributed by atoms with Crippen molar-refractivity contribution in [2.45, 2.75) is 31.6 Å². The Balaban J connectivity index is 2.83. The largest absolute Gasteiger partial charge is 0.326 e. The number of amides is 1. The molecule has 1 aromatic rings. The van der Waals surface area contributed by atoms with Crippen LogP contribution in [0.4, 0.5) is 5.69 Å². The van der Waals surface area contributed by atoms with Crippen molar-refractivity contribution in [3.05, 3.63) is 24.3 Å². The molecule has 0 aliphatic heterocycles. The molecule has 1 amide bonds. The van der Waals surface area contributed by atoms with Gasteiger partial charge in [-0.2, -0.15) is 0 Å². The number of hydrogen-bond acceptors (Lipinski definition) is 3. The highest BCUT2D eigenvalue weighted by molar-refractivity contribution is 7.90. The van der Waals surface area contributed by atoms with Gasteiger partial charge in [0.2, 0.25) is 5.91 Å². The molecule has 1 aromatic carbocycles. The lowest BCUT2D eigenvalue weighted by Gasteiger charge is -2.11. The summed E-state index contributed by atoms with van der Waals surface area (Å²) in [5.41, 5.74) is 0.519. The highest BCUT2D eigenvalue weighted by Gasteiger charge is 2.13. The van der Waals surface area contributed by atoms with Crippen LogP contribution in [-0.4, -0.2) is 20.6 Å². The van der Waals surface area contributed by atoms with Gasteiger partial charge in [0.05, 0.1) is 4.90 Å². The zero-order valence-corrected chi connectivity index (χ0v) is 11.8. The molecule has 1 rings (SSSR count). The van der Waals surface area contributed by atoms with E-state index in [0.717, 1.165) is 19.1 Å². The molecule has 0 aliphatic carbocycles. The Hall–Kier alpha value is -1.36. The summed E-state index contributed by atoms with van der Waals surface area (Å²) in [7, 11) is -3.24. The number of benzene rings is 1. The summed E-state index contributed by atoms with van der Waals surface area (Å²) >= 11 is 0. The summed E-state index contributed by atoms with van der Waals surface area (Å²) in [6.07, 6.45) is 2.91. The van der Waals surface area contributed by atoms with Gasteiger partial charge >= 0.3 is 0 Å². The smallest absolute Gasteiger partial charge is 0.227 e. The summed E-state index contributed by atoms with van der Waals surface area (Å²) in [6.45, 7) is 3.88. The van der Waals surface area contributed by atoms with Gasteiger partial charge in [-0.15, -0.1) is 0 Å². The van der Waals surface area contributed by atoms with Gasteiger partial charge in [-0.25, -0.2) is 8.42 Å². The molecular formula is C13H19NO3S. The Morgan fingerprint density at radius 3 is 2.61 bits per heavy atom. The van der Waals surface area contributed by atoms with E-state index in [0.29, 0.717) is 5.69 Å². The maximum Gasteiger partial charge on any atom is 0.227 e. The molecule has 1 N–H and O–H groups in total. The first-order chi connectivity index (χ1) is 8.34. The van der Waals surface area contributed by atoms with Crippen LogP contribution in [0.25, 0.3) is 0 Å². The van der Waals surface area contributed by atoms with Gasteiger partial charge in [0.15, 0.2) is 9.84 Å². The molecule has 0 aliphatic rings. The minimum absolute atomic E-state index is 0.0723. The van der Waals surface area contributed by atoms with E-state index in [4.69, 9.17) is 0 Å². The second-order valence-electron chi connectivity index (χ2n) is 4.48. The van der Waals surface area contributed by atoms with E-state index in [2.05, 4.69) is 5.32 Å². The third-order valence-electron chi connectivity index (χ3n) is 2.70. The number of sulfone groups is 1. The number of anilines is 1. The van der Waals surface area contributed by atoms with E-state index in [9.17, 15) is 13.2 Å². The molecule has 0 heterocycles. The van der Waals surface area contributed by atoms with Crippen LogP contribution in [0.2, 0.25) is 0 Å². The Morgan fingerprint density at radius 2 is 2.06 bits per heavy atom. The fraction of sp³-hybridized carbons (Fsp3) is 0.462. The lowest BCUT2D eigenvalue weighted by molar-refractivity contribution is -0.119. The lowest BCUT2D eigenvalue weighted by atomic mass is 10.1. The van der Waals surface area contributed by atoms with Gasteiger partial charge in [0, 0.05) is 17.9 Å². The van der Waals surface area contributed by atoms with Crippen molar-refractivity contribution in [1.29, 1.82) is 0 Å². The molecule has 100 valence electrons. The number of rotatable bonds is 5. The highest BCUT2D eigenvalue weighted by Crippen LogP contribution is 2.16. The van der Waals surface area contributed by atoms with Gasteiger partial charge in [-0.1, -0.05) is 26.3 Å². The van der Waals surface area contributed by atoms with Gasteiger partial charge in [0.1, 0.15) is 0 Å². The van der Waals surface area contributed by atoms with Gasteiger partial charge in [0.25, 0.3) is 0 Å². The average Bonchev–Trinajstić information content (AvgIpc) is 2.28. The SMILES string of the molecule is CCCC(C)C(=O)Nc1cccc(S(C)(=O)=O)c1. The molecule has 1 unspecified atom stereocenters.